The molecule has 0 spiro atoms. The molecule has 0 aliphatic carbocycles. The monoisotopic (exact) mass is 282 g/mol. The molecule has 0 radical (unpaired) electrons. The lowest BCUT2D eigenvalue weighted by Gasteiger charge is -2.24. The number of nitrogens with zero attached hydrogens (tertiary/aromatic N) is 2. The van der Waals surface area contributed by atoms with Crippen LogP contribution < -0.4 is 11.3 Å². The Morgan fingerprint density at radius 3 is 2.55 bits per heavy atom. The first-order valence-corrected chi connectivity index (χ1v) is 7.72. The van der Waals surface area contributed by atoms with Gasteiger partial charge < -0.3 is 4.74 Å². The number of aromatic nitrogens is 2. The molecule has 1 aromatic rings. The second-order valence-electron chi connectivity index (χ2n) is 5.30. The minimum Gasteiger partial charge on any atom is -0.380 e. The lowest BCUT2D eigenvalue weighted by atomic mass is 10.0. The highest BCUT2D eigenvalue weighted by Crippen LogP contribution is 2.16. The van der Waals surface area contributed by atoms with Crippen molar-refractivity contribution in [3.8, 4) is 0 Å². The summed E-state index contributed by atoms with van der Waals surface area (Å²) in [5.74, 6) is 5.68. The number of hydrazine groups is 1. The summed E-state index contributed by atoms with van der Waals surface area (Å²) in [6.07, 6.45) is 7.28. The molecule has 116 valence electrons. The van der Waals surface area contributed by atoms with Crippen molar-refractivity contribution in [3.05, 3.63) is 18.0 Å². The van der Waals surface area contributed by atoms with Crippen molar-refractivity contribution >= 4 is 0 Å². The molecule has 0 aromatic carbocycles. The summed E-state index contributed by atoms with van der Waals surface area (Å²) < 4.78 is 7.61. The number of hydrogen-bond donors (Lipinski definition) is 2. The Labute approximate surface area is 122 Å². The van der Waals surface area contributed by atoms with Crippen LogP contribution in [-0.2, 0) is 11.2 Å². The van der Waals surface area contributed by atoms with E-state index in [1.54, 1.807) is 7.11 Å². The topological polar surface area (TPSA) is 65.1 Å². The van der Waals surface area contributed by atoms with Crippen LogP contribution in [0.25, 0.3) is 0 Å². The number of nitrogens with two attached hydrogens (primary N) is 1. The first-order valence-electron chi connectivity index (χ1n) is 7.72. The van der Waals surface area contributed by atoms with Crippen LogP contribution in [0.4, 0.5) is 0 Å². The van der Waals surface area contributed by atoms with Crippen LogP contribution in [0.3, 0.4) is 0 Å². The van der Waals surface area contributed by atoms with Crippen molar-refractivity contribution in [1.82, 2.24) is 15.2 Å². The minimum atomic E-state index is 0.102. The van der Waals surface area contributed by atoms with Gasteiger partial charge in [0.1, 0.15) is 0 Å². The summed E-state index contributed by atoms with van der Waals surface area (Å²) in [7, 11) is 1.74. The number of hydrogen-bond acceptors (Lipinski definition) is 4. The Morgan fingerprint density at radius 2 is 2.05 bits per heavy atom. The molecule has 0 aliphatic heterocycles. The lowest BCUT2D eigenvalue weighted by Crippen LogP contribution is -2.46. The molecular formula is C15H30N4O. The molecule has 2 atom stereocenters. The van der Waals surface area contributed by atoms with Gasteiger partial charge >= 0.3 is 0 Å². The Balaban J connectivity index is 2.70. The molecule has 20 heavy (non-hydrogen) atoms. The Morgan fingerprint density at radius 1 is 1.35 bits per heavy atom. The zero-order chi connectivity index (χ0) is 15.0. The maximum atomic E-state index is 5.68. The molecule has 1 heterocycles. The third-order valence-electron chi connectivity index (χ3n) is 3.95. The van der Waals surface area contributed by atoms with Gasteiger partial charge in [0.25, 0.3) is 0 Å². The second kappa shape index (κ2) is 9.10. The van der Waals surface area contributed by atoms with Crippen LogP contribution in [0.2, 0.25) is 0 Å². The fourth-order valence-corrected chi connectivity index (χ4v) is 2.64. The summed E-state index contributed by atoms with van der Waals surface area (Å²) in [5.41, 5.74) is 3.95. The van der Waals surface area contributed by atoms with E-state index in [-0.39, 0.29) is 12.1 Å². The zero-order valence-electron chi connectivity index (χ0n) is 13.3. The molecule has 0 saturated heterocycles. The summed E-state index contributed by atoms with van der Waals surface area (Å²) in [6.45, 7) is 6.55. The Kier molecular flexibility index (Phi) is 7.80. The predicted octanol–water partition coefficient (Wildman–Crippen LogP) is 2.43. The average Bonchev–Trinajstić information content (AvgIpc) is 2.92. The molecular weight excluding hydrogens is 252 g/mol. The van der Waals surface area contributed by atoms with Gasteiger partial charge in [0.15, 0.2) is 0 Å². The van der Waals surface area contributed by atoms with E-state index >= 15 is 0 Å². The van der Waals surface area contributed by atoms with Gasteiger partial charge in [-0.15, -0.1) is 0 Å². The van der Waals surface area contributed by atoms with E-state index in [2.05, 4.69) is 48.2 Å². The van der Waals surface area contributed by atoms with Gasteiger partial charge in [-0.2, -0.15) is 5.10 Å². The van der Waals surface area contributed by atoms with Crippen LogP contribution in [0.5, 0.6) is 0 Å². The van der Waals surface area contributed by atoms with E-state index in [1.807, 2.05) is 0 Å². The molecule has 1 rings (SSSR count). The minimum absolute atomic E-state index is 0.102. The fraction of sp³-hybridized carbons (Fsp3) is 0.800. The van der Waals surface area contributed by atoms with Crippen molar-refractivity contribution in [2.45, 2.75) is 71.1 Å². The molecule has 0 saturated carbocycles. The highest BCUT2D eigenvalue weighted by molar-refractivity contribution is 5.03. The Bertz CT molecular complexity index is 363. The van der Waals surface area contributed by atoms with Gasteiger partial charge in [-0.3, -0.25) is 16.0 Å². The number of nitrogens with one attached hydrogen (secondary N) is 1. The van der Waals surface area contributed by atoms with Gasteiger partial charge in [0.05, 0.1) is 23.9 Å². The summed E-state index contributed by atoms with van der Waals surface area (Å²) >= 11 is 0. The zero-order valence-corrected chi connectivity index (χ0v) is 13.3. The van der Waals surface area contributed by atoms with Gasteiger partial charge in [0.2, 0.25) is 0 Å². The molecule has 5 heteroatoms. The van der Waals surface area contributed by atoms with Crippen molar-refractivity contribution in [2.24, 2.45) is 5.84 Å². The van der Waals surface area contributed by atoms with Gasteiger partial charge in [-0.1, -0.05) is 27.2 Å². The van der Waals surface area contributed by atoms with Crippen LogP contribution in [0.1, 0.15) is 58.2 Å². The molecule has 2 unspecified atom stereocenters. The van der Waals surface area contributed by atoms with Crippen LogP contribution in [0, 0.1) is 0 Å². The van der Waals surface area contributed by atoms with Crippen LogP contribution in [0.15, 0.2) is 12.3 Å². The summed E-state index contributed by atoms with van der Waals surface area (Å²) in [5, 5.41) is 4.68. The normalized spacial score (nSPS) is 14.7. The van der Waals surface area contributed by atoms with Crippen molar-refractivity contribution < 1.29 is 4.74 Å². The largest absolute Gasteiger partial charge is 0.380 e. The van der Waals surface area contributed by atoms with E-state index in [9.17, 15) is 0 Å². The molecule has 5 nitrogen and oxygen atoms in total. The average molecular weight is 282 g/mol. The third-order valence-corrected chi connectivity index (χ3v) is 3.95. The van der Waals surface area contributed by atoms with Crippen LogP contribution >= 0.6 is 0 Å². The summed E-state index contributed by atoms with van der Waals surface area (Å²) in [6, 6.07) is 2.67. The van der Waals surface area contributed by atoms with Gasteiger partial charge in [0, 0.05) is 19.7 Å². The van der Waals surface area contributed by atoms with Crippen LogP contribution in [-0.4, -0.2) is 29.0 Å². The summed E-state index contributed by atoms with van der Waals surface area (Å²) in [4.78, 5) is 0. The number of ether oxygens (including phenoxy) is 1. The Hall–Kier alpha value is -0.910. The fourth-order valence-electron chi connectivity index (χ4n) is 2.64. The highest BCUT2D eigenvalue weighted by atomic mass is 16.5. The number of rotatable bonds is 10. The molecule has 1 aromatic heterocycles. The maximum absolute atomic E-state index is 5.68. The van der Waals surface area contributed by atoms with Gasteiger partial charge in [-0.25, -0.2) is 0 Å². The maximum Gasteiger partial charge on any atom is 0.0741 e. The standard InChI is InChI=1S/C15H30N4O/c1-5-8-15(20-4)14(17-16)11-12-9-10-19(18-12)13(6-2)7-3/h9-10,13-15,17H,5-8,11,16H2,1-4H3. The molecule has 0 bridgehead atoms. The molecule has 0 amide bonds. The molecule has 0 aliphatic rings. The first kappa shape index (κ1) is 17.1. The second-order valence-corrected chi connectivity index (χ2v) is 5.30. The molecule has 0 fully saturated rings. The quantitative estimate of drug-likeness (QED) is 0.511. The lowest BCUT2D eigenvalue weighted by molar-refractivity contribution is 0.0605. The van der Waals surface area contributed by atoms with E-state index in [4.69, 9.17) is 10.6 Å². The van der Waals surface area contributed by atoms with E-state index in [0.717, 1.165) is 37.8 Å². The van der Waals surface area contributed by atoms with E-state index < -0.39 is 0 Å². The van der Waals surface area contributed by atoms with Gasteiger partial charge in [-0.05, 0) is 25.3 Å². The predicted molar refractivity (Wildman–Crippen MR) is 82.4 cm³/mol. The van der Waals surface area contributed by atoms with E-state index in [0.29, 0.717) is 6.04 Å². The highest BCUT2D eigenvalue weighted by Gasteiger charge is 2.21. The molecule has 3 N–H and O–H groups in total. The smallest absolute Gasteiger partial charge is 0.0741 e. The third kappa shape index (κ3) is 4.58. The number of methoxy groups -OCH3 is 1. The van der Waals surface area contributed by atoms with E-state index in [1.165, 1.54) is 0 Å². The SMILES string of the molecule is CCCC(OC)C(Cc1ccn(C(CC)CC)n1)NN. The van der Waals surface area contributed by atoms with Crippen molar-refractivity contribution in [2.75, 3.05) is 7.11 Å². The van der Waals surface area contributed by atoms with Crippen molar-refractivity contribution in [3.63, 3.8) is 0 Å². The first-order chi connectivity index (χ1) is 9.69. The van der Waals surface area contributed by atoms with Crippen molar-refractivity contribution in [1.29, 1.82) is 0 Å².